The molecular formula is C18H21ClFN3O4. The fraction of sp³-hybridized carbons (Fsp3) is 0.500. The monoisotopic (exact) mass is 397 g/mol. The van der Waals surface area contributed by atoms with Gasteiger partial charge in [-0.2, -0.15) is 0 Å². The Labute approximate surface area is 161 Å². The lowest BCUT2D eigenvalue weighted by molar-refractivity contribution is -0.0604. The summed E-state index contributed by atoms with van der Waals surface area (Å²) in [6, 6.07) is 4.00. The molecule has 7 nitrogen and oxygen atoms in total. The van der Waals surface area contributed by atoms with Crippen LogP contribution >= 0.6 is 11.6 Å². The summed E-state index contributed by atoms with van der Waals surface area (Å²) >= 11 is 5.68. The Kier molecular flexibility index (Phi) is 5.39. The van der Waals surface area contributed by atoms with Crippen molar-refractivity contribution in [2.24, 2.45) is 0 Å². The van der Waals surface area contributed by atoms with Crippen LogP contribution in [-0.2, 0) is 4.74 Å². The summed E-state index contributed by atoms with van der Waals surface area (Å²) in [5.41, 5.74) is -0.0997. The first-order valence-corrected chi connectivity index (χ1v) is 8.97. The summed E-state index contributed by atoms with van der Waals surface area (Å²) in [7, 11) is 0. The molecule has 146 valence electrons. The van der Waals surface area contributed by atoms with Crippen molar-refractivity contribution in [2.75, 3.05) is 6.61 Å². The minimum atomic E-state index is -0.973. The zero-order chi connectivity index (χ0) is 19.8. The van der Waals surface area contributed by atoms with E-state index in [2.05, 4.69) is 10.2 Å². The SMILES string of the molecule is CC(C)(C)N(C(=O)O)[C@@H]1CC[C@@H](c2nnc(-c3ccc(Cl)c(F)c3)o2)OC1. The first kappa shape index (κ1) is 19.6. The third-order valence-corrected chi connectivity index (χ3v) is 4.73. The van der Waals surface area contributed by atoms with Crippen molar-refractivity contribution in [1.29, 1.82) is 0 Å². The van der Waals surface area contributed by atoms with Gasteiger partial charge in [0, 0.05) is 11.1 Å². The number of carbonyl (C=O) groups is 1. The van der Waals surface area contributed by atoms with Crippen LogP contribution in [0.5, 0.6) is 0 Å². The van der Waals surface area contributed by atoms with Crippen LogP contribution in [0.2, 0.25) is 5.02 Å². The summed E-state index contributed by atoms with van der Waals surface area (Å²) in [5, 5.41) is 17.5. The van der Waals surface area contributed by atoms with E-state index in [1.165, 1.54) is 17.0 Å². The molecule has 9 heteroatoms. The van der Waals surface area contributed by atoms with Crippen LogP contribution < -0.4 is 0 Å². The number of carboxylic acid groups (broad SMARTS) is 1. The smallest absolute Gasteiger partial charge is 0.408 e. The van der Waals surface area contributed by atoms with Gasteiger partial charge in [-0.25, -0.2) is 9.18 Å². The number of benzene rings is 1. The Hall–Kier alpha value is -2.19. The van der Waals surface area contributed by atoms with Gasteiger partial charge in [0.1, 0.15) is 11.9 Å². The van der Waals surface area contributed by atoms with E-state index < -0.39 is 23.6 Å². The Morgan fingerprint density at radius 3 is 2.63 bits per heavy atom. The molecule has 1 aromatic carbocycles. The fourth-order valence-electron chi connectivity index (χ4n) is 3.24. The fourth-order valence-corrected chi connectivity index (χ4v) is 3.35. The van der Waals surface area contributed by atoms with Crippen LogP contribution in [-0.4, -0.2) is 44.5 Å². The quantitative estimate of drug-likeness (QED) is 0.818. The predicted molar refractivity (Wildman–Crippen MR) is 96.0 cm³/mol. The number of ether oxygens (including phenoxy) is 1. The first-order chi connectivity index (χ1) is 12.7. The van der Waals surface area contributed by atoms with Gasteiger partial charge in [0.15, 0.2) is 0 Å². The molecule has 1 aromatic heterocycles. The summed E-state index contributed by atoms with van der Waals surface area (Å²) in [6.07, 6.45) is -0.238. The van der Waals surface area contributed by atoms with Crippen LogP contribution in [0.15, 0.2) is 22.6 Å². The minimum absolute atomic E-state index is 0.0157. The number of halogens is 2. The maximum Gasteiger partial charge on any atom is 0.408 e. The molecule has 2 atom stereocenters. The van der Waals surface area contributed by atoms with Gasteiger partial charge in [0.05, 0.1) is 17.7 Å². The number of hydrogen-bond donors (Lipinski definition) is 1. The van der Waals surface area contributed by atoms with E-state index in [4.69, 9.17) is 20.8 Å². The van der Waals surface area contributed by atoms with E-state index in [-0.39, 0.29) is 29.5 Å². The molecule has 0 bridgehead atoms. The second-order valence-electron chi connectivity index (χ2n) is 7.45. The molecular weight excluding hydrogens is 377 g/mol. The molecule has 1 amide bonds. The van der Waals surface area contributed by atoms with Crippen LogP contribution in [0.3, 0.4) is 0 Å². The van der Waals surface area contributed by atoms with Gasteiger partial charge in [-0.1, -0.05) is 11.6 Å². The molecule has 0 spiro atoms. The second-order valence-corrected chi connectivity index (χ2v) is 7.86. The lowest BCUT2D eigenvalue weighted by Gasteiger charge is -2.42. The van der Waals surface area contributed by atoms with Gasteiger partial charge in [-0.15, -0.1) is 10.2 Å². The van der Waals surface area contributed by atoms with E-state index in [0.29, 0.717) is 18.4 Å². The van der Waals surface area contributed by atoms with Crippen LogP contribution in [0.1, 0.15) is 45.6 Å². The van der Waals surface area contributed by atoms with E-state index in [1.807, 2.05) is 20.8 Å². The summed E-state index contributed by atoms with van der Waals surface area (Å²) in [4.78, 5) is 13.0. The molecule has 1 saturated heterocycles. The largest absolute Gasteiger partial charge is 0.465 e. The number of aromatic nitrogens is 2. The van der Waals surface area contributed by atoms with Gasteiger partial charge in [0.2, 0.25) is 11.8 Å². The van der Waals surface area contributed by atoms with Crippen molar-refractivity contribution in [3.8, 4) is 11.5 Å². The highest BCUT2D eigenvalue weighted by Gasteiger charge is 2.37. The van der Waals surface area contributed by atoms with Crippen molar-refractivity contribution in [3.05, 3.63) is 34.9 Å². The molecule has 27 heavy (non-hydrogen) atoms. The Balaban J connectivity index is 1.69. The second kappa shape index (κ2) is 7.44. The molecule has 2 aromatic rings. The van der Waals surface area contributed by atoms with Gasteiger partial charge >= 0.3 is 6.09 Å². The number of nitrogens with zero attached hydrogens (tertiary/aromatic N) is 3. The maximum atomic E-state index is 13.6. The number of hydrogen-bond acceptors (Lipinski definition) is 5. The van der Waals surface area contributed by atoms with Crippen molar-refractivity contribution in [2.45, 2.75) is 51.3 Å². The van der Waals surface area contributed by atoms with Crippen molar-refractivity contribution in [1.82, 2.24) is 15.1 Å². The number of amides is 1. The third-order valence-electron chi connectivity index (χ3n) is 4.43. The van der Waals surface area contributed by atoms with E-state index in [1.54, 1.807) is 6.07 Å². The third kappa shape index (κ3) is 4.22. The van der Waals surface area contributed by atoms with E-state index in [9.17, 15) is 14.3 Å². The van der Waals surface area contributed by atoms with Crippen molar-refractivity contribution >= 4 is 17.7 Å². The Bertz CT molecular complexity index is 828. The summed E-state index contributed by atoms with van der Waals surface area (Å²) < 4.78 is 25.0. The molecule has 3 rings (SSSR count). The molecule has 1 aliphatic heterocycles. The molecule has 0 aliphatic carbocycles. The van der Waals surface area contributed by atoms with Crippen LogP contribution in [0.4, 0.5) is 9.18 Å². The maximum absolute atomic E-state index is 13.6. The first-order valence-electron chi connectivity index (χ1n) is 8.59. The molecule has 2 heterocycles. The molecule has 0 unspecified atom stereocenters. The van der Waals surface area contributed by atoms with E-state index in [0.717, 1.165) is 0 Å². The zero-order valence-electron chi connectivity index (χ0n) is 15.3. The average Bonchev–Trinajstić information content (AvgIpc) is 3.06. The van der Waals surface area contributed by atoms with E-state index >= 15 is 0 Å². The minimum Gasteiger partial charge on any atom is -0.465 e. The van der Waals surface area contributed by atoms with Gasteiger partial charge < -0.3 is 14.3 Å². The predicted octanol–water partition coefficient (Wildman–Crippen LogP) is 4.53. The highest BCUT2D eigenvalue weighted by Crippen LogP contribution is 2.33. The zero-order valence-corrected chi connectivity index (χ0v) is 16.0. The number of rotatable bonds is 3. The normalized spacial score (nSPS) is 20.5. The van der Waals surface area contributed by atoms with Gasteiger partial charge in [-0.3, -0.25) is 4.90 Å². The molecule has 1 fully saturated rings. The molecule has 1 N–H and O–H groups in total. The Morgan fingerprint density at radius 2 is 2.07 bits per heavy atom. The van der Waals surface area contributed by atoms with Crippen LogP contribution in [0.25, 0.3) is 11.5 Å². The van der Waals surface area contributed by atoms with Crippen molar-refractivity contribution < 1.29 is 23.4 Å². The highest BCUT2D eigenvalue weighted by atomic mass is 35.5. The topological polar surface area (TPSA) is 88.7 Å². The van der Waals surface area contributed by atoms with Gasteiger partial charge in [-0.05, 0) is 51.8 Å². The molecule has 0 radical (unpaired) electrons. The summed E-state index contributed by atoms with van der Waals surface area (Å²) in [5.74, 6) is -0.105. The average molecular weight is 398 g/mol. The highest BCUT2D eigenvalue weighted by molar-refractivity contribution is 6.30. The molecule has 0 saturated carbocycles. The lowest BCUT2D eigenvalue weighted by atomic mass is 9.98. The Morgan fingerprint density at radius 1 is 1.33 bits per heavy atom. The van der Waals surface area contributed by atoms with Crippen molar-refractivity contribution in [3.63, 3.8) is 0 Å². The van der Waals surface area contributed by atoms with Gasteiger partial charge in [0.25, 0.3) is 0 Å². The summed E-state index contributed by atoms with van der Waals surface area (Å²) in [6.45, 7) is 5.79. The lowest BCUT2D eigenvalue weighted by Crippen LogP contribution is -2.54. The standard InChI is InChI=1S/C18H21ClFN3O4/c1-18(2,3)23(17(24)25)11-5-7-14(26-9-11)16-22-21-15(27-16)10-4-6-12(19)13(20)8-10/h4,6,8,11,14H,5,7,9H2,1-3H3,(H,24,25)/t11-,14+/m1/s1. The van der Waals surface area contributed by atoms with Crippen LogP contribution in [0, 0.1) is 5.82 Å². The molecule has 1 aliphatic rings.